The van der Waals surface area contributed by atoms with E-state index in [0.717, 1.165) is 36.5 Å². The molecular formula is C34H39N7O2. The fraction of sp³-hybridized carbons (Fsp3) is 0.412. The van der Waals surface area contributed by atoms with Crippen LogP contribution in [0.15, 0.2) is 49.1 Å². The molecule has 222 valence electrons. The Hall–Kier alpha value is -4.60. The van der Waals surface area contributed by atoms with Crippen LogP contribution in [0, 0.1) is 29.6 Å². The van der Waals surface area contributed by atoms with Gasteiger partial charge in [0, 0.05) is 49.4 Å². The van der Waals surface area contributed by atoms with Crippen molar-refractivity contribution >= 4 is 28.1 Å². The van der Waals surface area contributed by atoms with Crippen LogP contribution in [-0.4, -0.2) is 80.2 Å². The average Bonchev–Trinajstić information content (AvgIpc) is 3.01. The number of fused-ring (bicyclic) bond motifs is 2. The number of aromatic nitrogens is 1. The Labute approximate surface area is 254 Å². The number of carbonyl (C=O) groups excluding carboxylic acids is 1. The van der Waals surface area contributed by atoms with E-state index in [1.807, 2.05) is 14.1 Å². The maximum atomic E-state index is 12.6. The second-order valence-electron chi connectivity index (χ2n) is 11.5. The lowest BCUT2D eigenvalue weighted by Gasteiger charge is -2.43. The van der Waals surface area contributed by atoms with Crippen molar-refractivity contribution in [3.8, 4) is 18.0 Å². The number of amides is 1. The highest BCUT2D eigenvalue weighted by Crippen LogP contribution is 2.40. The average molecular weight is 578 g/mol. The van der Waals surface area contributed by atoms with Crippen LogP contribution in [0.2, 0.25) is 0 Å². The van der Waals surface area contributed by atoms with Crippen LogP contribution in [0.4, 0.5) is 11.4 Å². The zero-order valence-corrected chi connectivity index (χ0v) is 25.3. The summed E-state index contributed by atoms with van der Waals surface area (Å²) in [5, 5.41) is 22.5. The SMILES string of the molecule is C=CC(=O)N1CCN(c2c(C#N)c(OCCCN(C)C)nc3c2CCN(c2cccc4cccc(C)c24)C3)C[C@@H]1CC#N. The summed E-state index contributed by atoms with van der Waals surface area (Å²) >= 11 is 0. The van der Waals surface area contributed by atoms with Gasteiger partial charge in [0.05, 0.1) is 43.1 Å². The summed E-state index contributed by atoms with van der Waals surface area (Å²) in [4.78, 5) is 25.9. The number of hydrogen-bond acceptors (Lipinski definition) is 8. The Morgan fingerprint density at radius 3 is 2.67 bits per heavy atom. The minimum atomic E-state index is -0.303. The van der Waals surface area contributed by atoms with E-state index in [9.17, 15) is 15.3 Å². The zero-order valence-electron chi connectivity index (χ0n) is 25.3. The van der Waals surface area contributed by atoms with Gasteiger partial charge in [-0.1, -0.05) is 36.9 Å². The minimum absolute atomic E-state index is 0.178. The summed E-state index contributed by atoms with van der Waals surface area (Å²) in [7, 11) is 4.04. The summed E-state index contributed by atoms with van der Waals surface area (Å²) in [5.74, 6) is 0.176. The summed E-state index contributed by atoms with van der Waals surface area (Å²) in [6, 6.07) is 17.2. The lowest BCUT2D eigenvalue weighted by atomic mass is 9.95. The van der Waals surface area contributed by atoms with E-state index in [0.29, 0.717) is 50.7 Å². The molecule has 3 aromatic rings. The highest BCUT2D eigenvalue weighted by atomic mass is 16.5. The van der Waals surface area contributed by atoms with Crippen LogP contribution in [0.3, 0.4) is 0 Å². The number of nitrogens with zero attached hydrogens (tertiary/aromatic N) is 7. The van der Waals surface area contributed by atoms with Gasteiger partial charge >= 0.3 is 0 Å². The van der Waals surface area contributed by atoms with Crippen LogP contribution in [-0.2, 0) is 17.8 Å². The second-order valence-corrected chi connectivity index (χ2v) is 11.5. The number of aryl methyl sites for hydroxylation is 1. The van der Waals surface area contributed by atoms with Gasteiger partial charge < -0.3 is 24.3 Å². The van der Waals surface area contributed by atoms with Crippen LogP contribution in [0.25, 0.3) is 10.8 Å². The van der Waals surface area contributed by atoms with Gasteiger partial charge in [-0.05, 0) is 57.0 Å². The van der Waals surface area contributed by atoms with Crippen molar-refractivity contribution in [2.24, 2.45) is 0 Å². The first-order chi connectivity index (χ1) is 20.9. The number of piperazine rings is 1. The smallest absolute Gasteiger partial charge is 0.246 e. The Morgan fingerprint density at radius 1 is 1.16 bits per heavy atom. The monoisotopic (exact) mass is 577 g/mol. The van der Waals surface area contributed by atoms with Crippen LogP contribution in [0.1, 0.15) is 35.2 Å². The van der Waals surface area contributed by atoms with Crippen molar-refractivity contribution in [2.75, 3.05) is 63.2 Å². The van der Waals surface area contributed by atoms with Gasteiger partial charge in [-0.3, -0.25) is 4.79 Å². The summed E-state index contributed by atoms with van der Waals surface area (Å²) in [6.45, 7) is 9.90. The molecule has 2 aliphatic heterocycles. The van der Waals surface area contributed by atoms with Crippen molar-refractivity contribution in [3.05, 3.63) is 71.4 Å². The predicted octanol–water partition coefficient (Wildman–Crippen LogP) is 4.42. The molecule has 1 saturated heterocycles. The molecule has 2 aromatic carbocycles. The molecule has 1 amide bonds. The Morgan fingerprint density at radius 2 is 1.95 bits per heavy atom. The molecule has 9 nitrogen and oxygen atoms in total. The molecule has 43 heavy (non-hydrogen) atoms. The van der Waals surface area contributed by atoms with Gasteiger partial charge in [0.25, 0.3) is 0 Å². The predicted molar refractivity (Wildman–Crippen MR) is 169 cm³/mol. The number of rotatable bonds is 9. The first-order valence-electron chi connectivity index (χ1n) is 14.9. The van der Waals surface area contributed by atoms with Crippen molar-refractivity contribution in [1.82, 2.24) is 14.8 Å². The maximum Gasteiger partial charge on any atom is 0.246 e. The van der Waals surface area contributed by atoms with Gasteiger partial charge in [-0.2, -0.15) is 10.5 Å². The van der Waals surface area contributed by atoms with Gasteiger partial charge in [-0.15, -0.1) is 0 Å². The largest absolute Gasteiger partial charge is 0.477 e. The molecule has 0 radical (unpaired) electrons. The first-order valence-corrected chi connectivity index (χ1v) is 14.9. The molecule has 0 unspecified atom stereocenters. The molecule has 1 aromatic heterocycles. The van der Waals surface area contributed by atoms with Crippen LogP contribution in [0.5, 0.6) is 5.88 Å². The Kier molecular flexibility index (Phi) is 9.13. The van der Waals surface area contributed by atoms with E-state index in [2.05, 4.69) is 76.7 Å². The number of benzene rings is 2. The third-order valence-corrected chi connectivity index (χ3v) is 8.41. The van der Waals surface area contributed by atoms with Crippen molar-refractivity contribution in [3.63, 3.8) is 0 Å². The number of pyridine rings is 1. The number of anilines is 2. The number of nitriles is 2. The highest BCUT2D eigenvalue weighted by Gasteiger charge is 2.35. The van der Waals surface area contributed by atoms with Gasteiger partial charge in [0.2, 0.25) is 11.8 Å². The number of ether oxygens (including phenoxy) is 1. The fourth-order valence-corrected chi connectivity index (χ4v) is 6.36. The zero-order chi connectivity index (χ0) is 30.5. The van der Waals surface area contributed by atoms with Gasteiger partial charge in [0.15, 0.2) is 0 Å². The molecule has 0 aliphatic carbocycles. The maximum absolute atomic E-state index is 12.6. The quantitative estimate of drug-likeness (QED) is 0.272. The molecule has 0 saturated carbocycles. The fourth-order valence-electron chi connectivity index (χ4n) is 6.36. The molecule has 5 rings (SSSR count). The standard InChI is InChI=1S/C34H39N7O2/c1-5-31(42)41-19-18-40(22-26(41)13-15-35)33-27-14-17-39(30-12-7-11-25-10-6-9-24(2)32(25)30)23-29(27)37-34(28(33)21-36)43-20-8-16-38(3)4/h5-7,9-12,26H,1,8,13-14,16-20,22-23H2,2-4H3/t26-/m0/s1. The Bertz CT molecular complexity index is 1600. The van der Waals surface area contributed by atoms with E-state index in [1.54, 1.807) is 4.90 Å². The molecule has 2 aliphatic rings. The number of hydrogen-bond donors (Lipinski definition) is 0. The third-order valence-electron chi connectivity index (χ3n) is 8.41. The van der Waals surface area contributed by atoms with Crippen molar-refractivity contribution in [2.45, 2.75) is 38.8 Å². The van der Waals surface area contributed by atoms with Gasteiger partial charge in [-0.25, -0.2) is 4.98 Å². The summed E-state index contributed by atoms with van der Waals surface area (Å²) in [6.07, 6.45) is 3.02. The van der Waals surface area contributed by atoms with Crippen LogP contribution < -0.4 is 14.5 Å². The van der Waals surface area contributed by atoms with E-state index in [-0.39, 0.29) is 18.4 Å². The van der Waals surface area contributed by atoms with Gasteiger partial charge in [0.1, 0.15) is 11.6 Å². The van der Waals surface area contributed by atoms with E-state index < -0.39 is 0 Å². The molecule has 1 fully saturated rings. The lowest BCUT2D eigenvalue weighted by Crippen LogP contribution is -2.55. The lowest BCUT2D eigenvalue weighted by molar-refractivity contribution is -0.128. The summed E-state index contributed by atoms with van der Waals surface area (Å²) < 4.78 is 6.22. The molecule has 0 spiro atoms. The van der Waals surface area contributed by atoms with E-state index >= 15 is 0 Å². The summed E-state index contributed by atoms with van der Waals surface area (Å²) in [5.41, 5.74) is 5.61. The molecule has 1 atom stereocenters. The van der Waals surface area contributed by atoms with Crippen LogP contribution >= 0.6 is 0 Å². The second kappa shape index (κ2) is 13.1. The molecule has 9 heteroatoms. The van der Waals surface area contributed by atoms with Crippen molar-refractivity contribution < 1.29 is 9.53 Å². The highest BCUT2D eigenvalue weighted by molar-refractivity contribution is 5.97. The number of carbonyl (C=O) groups is 1. The molecule has 0 N–H and O–H groups in total. The van der Waals surface area contributed by atoms with E-state index in [1.165, 1.54) is 28.1 Å². The molecule has 0 bridgehead atoms. The molecule has 3 heterocycles. The van der Waals surface area contributed by atoms with E-state index in [4.69, 9.17) is 9.72 Å². The minimum Gasteiger partial charge on any atom is -0.477 e. The molecular weight excluding hydrogens is 538 g/mol. The van der Waals surface area contributed by atoms with Crippen molar-refractivity contribution in [1.29, 1.82) is 10.5 Å². The normalized spacial score (nSPS) is 16.5. The first kappa shape index (κ1) is 29.9. The Balaban J connectivity index is 1.55. The third kappa shape index (κ3) is 6.14. The topological polar surface area (TPSA) is 99.7 Å².